The molecule has 116 valence electrons. The summed E-state index contributed by atoms with van der Waals surface area (Å²) in [4.78, 5) is 22.8. The van der Waals surface area contributed by atoms with Crippen LogP contribution in [-0.2, 0) is 16.0 Å². The summed E-state index contributed by atoms with van der Waals surface area (Å²) in [5.74, 6) is -1.27. The van der Waals surface area contributed by atoms with Gasteiger partial charge in [-0.15, -0.1) is 0 Å². The average molecular weight is 296 g/mol. The van der Waals surface area contributed by atoms with Crippen LogP contribution in [0.4, 0.5) is 10.5 Å². The zero-order chi connectivity index (χ0) is 16.2. The lowest BCUT2D eigenvalue weighted by Gasteiger charge is -2.22. The molecule has 0 aliphatic carbocycles. The summed E-state index contributed by atoms with van der Waals surface area (Å²) in [6.45, 7) is 5.05. The fourth-order valence-electron chi connectivity index (χ4n) is 1.62. The number of amides is 1. The number of carbonyl (C=O) groups is 2. The maximum absolute atomic E-state index is 11.6. The zero-order valence-corrected chi connectivity index (χ0v) is 12.2. The number of carbonyl (C=O) groups excluding carboxylic acids is 1. The number of benzene rings is 1. The monoisotopic (exact) mass is 296 g/mol. The van der Waals surface area contributed by atoms with Gasteiger partial charge in [0.25, 0.3) is 0 Å². The molecular formula is C14H20N2O5. The Balaban J connectivity index is 2.76. The first-order valence-corrected chi connectivity index (χ1v) is 6.38. The number of nitrogens with two attached hydrogens (primary N) is 1. The van der Waals surface area contributed by atoms with E-state index in [0.717, 1.165) is 0 Å². The highest BCUT2D eigenvalue weighted by molar-refractivity contribution is 5.80. The molecule has 0 heterocycles. The predicted molar refractivity (Wildman–Crippen MR) is 77.0 cm³/mol. The van der Waals surface area contributed by atoms with Crippen molar-refractivity contribution in [2.45, 2.75) is 38.8 Å². The van der Waals surface area contributed by atoms with Crippen molar-refractivity contribution in [1.82, 2.24) is 5.32 Å². The lowest BCUT2D eigenvalue weighted by atomic mass is 10.1. The molecular weight excluding hydrogens is 276 g/mol. The Hall–Kier alpha value is -2.44. The number of hydrogen-bond acceptors (Lipinski definition) is 5. The molecule has 0 spiro atoms. The number of nitrogens with one attached hydrogen (secondary N) is 1. The Kier molecular flexibility index (Phi) is 5.02. The van der Waals surface area contributed by atoms with E-state index in [1.165, 1.54) is 12.1 Å². The minimum absolute atomic E-state index is 0.0268. The van der Waals surface area contributed by atoms with Gasteiger partial charge in [-0.3, -0.25) is 0 Å². The van der Waals surface area contributed by atoms with Gasteiger partial charge in [0.05, 0.1) is 5.69 Å². The Morgan fingerprint density at radius 2 is 2.00 bits per heavy atom. The average Bonchev–Trinajstić information content (AvgIpc) is 2.30. The van der Waals surface area contributed by atoms with Crippen LogP contribution >= 0.6 is 0 Å². The van der Waals surface area contributed by atoms with Crippen LogP contribution in [0.5, 0.6) is 5.75 Å². The van der Waals surface area contributed by atoms with Crippen molar-refractivity contribution in [3.8, 4) is 5.75 Å². The van der Waals surface area contributed by atoms with Gasteiger partial charge >= 0.3 is 12.1 Å². The van der Waals surface area contributed by atoms with Gasteiger partial charge in [0.15, 0.2) is 0 Å². The van der Waals surface area contributed by atoms with Gasteiger partial charge < -0.3 is 26.0 Å². The molecule has 0 radical (unpaired) electrons. The number of phenols is 1. The maximum atomic E-state index is 11.6. The van der Waals surface area contributed by atoms with Crippen molar-refractivity contribution < 1.29 is 24.5 Å². The number of rotatable bonds is 4. The maximum Gasteiger partial charge on any atom is 0.408 e. The van der Waals surface area contributed by atoms with Gasteiger partial charge in [-0.05, 0) is 38.5 Å². The number of anilines is 1. The van der Waals surface area contributed by atoms with Crippen LogP contribution < -0.4 is 11.1 Å². The Morgan fingerprint density at radius 1 is 1.38 bits per heavy atom. The number of phenolic OH excluding ortho intramolecular Hbond substituents is 1. The highest BCUT2D eigenvalue weighted by Gasteiger charge is 2.24. The molecule has 0 aromatic heterocycles. The molecule has 0 aliphatic heterocycles. The van der Waals surface area contributed by atoms with Crippen molar-refractivity contribution in [3.05, 3.63) is 23.8 Å². The normalized spacial score (nSPS) is 12.5. The summed E-state index contributed by atoms with van der Waals surface area (Å²) >= 11 is 0. The minimum Gasteiger partial charge on any atom is -0.506 e. The number of hydrogen-bond donors (Lipinski definition) is 4. The second-order valence-corrected chi connectivity index (χ2v) is 5.63. The fraction of sp³-hybridized carbons (Fsp3) is 0.429. The van der Waals surface area contributed by atoms with Crippen molar-refractivity contribution in [1.29, 1.82) is 0 Å². The third kappa shape index (κ3) is 5.60. The first-order chi connectivity index (χ1) is 9.58. The van der Waals surface area contributed by atoms with E-state index < -0.39 is 23.7 Å². The third-order valence-corrected chi connectivity index (χ3v) is 2.52. The van der Waals surface area contributed by atoms with E-state index in [-0.39, 0.29) is 17.9 Å². The minimum atomic E-state index is -1.19. The standard InChI is InChI=1S/C14H20N2O5/c1-14(2,3)21-13(20)16-10(12(18)19)7-8-4-5-11(17)9(15)6-8/h4-6,10,17H,7,15H2,1-3H3,(H,16,20)(H,18,19)/t10-/m0/s1. The lowest BCUT2D eigenvalue weighted by Crippen LogP contribution is -2.44. The topological polar surface area (TPSA) is 122 Å². The molecule has 21 heavy (non-hydrogen) atoms. The summed E-state index contributed by atoms with van der Waals surface area (Å²) in [5, 5.41) is 20.8. The molecule has 1 atom stereocenters. The number of aliphatic carboxylic acids is 1. The summed E-state index contributed by atoms with van der Waals surface area (Å²) in [5.41, 5.74) is 5.56. The van der Waals surface area contributed by atoms with E-state index in [1.807, 2.05) is 0 Å². The number of ether oxygens (including phenoxy) is 1. The summed E-state index contributed by atoms with van der Waals surface area (Å²) in [6, 6.07) is 3.22. The third-order valence-electron chi connectivity index (χ3n) is 2.52. The van der Waals surface area contributed by atoms with Crippen LogP contribution in [0.1, 0.15) is 26.3 Å². The molecule has 7 nitrogen and oxygen atoms in total. The molecule has 1 aromatic rings. The molecule has 1 rings (SSSR count). The smallest absolute Gasteiger partial charge is 0.408 e. The second-order valence-electron chi connectivity index (χ2n) is 5.63. The van der Waals surface area contributed by atoms with Crippen molar-refractivity contribution >= 4 is 17.7 Å². The van der Waals surface area contributed by atoms with E-state index in [2.05, 4.69) is 5.32 Å². The molecule has 1 aromatic carbocycles. The molecule has 5 N–H and O–H groups in total. The van der Waals surface area contributed by atoms with Gasteiger partial charge in [-0.2, -0.15) is 0 Å². The number of alkyl carbamates (subject to hydrolysis) is 1. The molecule has 0 fully saturated rings. The van der Waals surface area contributed by atoms with E-state index in [4.69, 9.17) is 15.6 Å². The molecule has 0 saturated heterocycles. The van der Waals surface area contributed by atoms with Crippen LogP contribution in [-0.4, -0.2) is 33.9 Å². The van der Waals surface area contributed by atoms with Gasteiger partial charge in [-0.1, -0.05) is 6.07 Å². The first-order valence-electron chi connectivity index (χ1n) is 6.38. The zero-order valence-electron chi connectivity index (χ0n) is 12.2. The SMILES string of the molecule is CC(C)(C)OC(=O)N[C@@H](Cc1ccc(O)c(N)c1)C(=O)O. The van der Waals surface area contributed by atoms with E-state index in [0.29, 0.717) is 5.56 Å². The molecule has 0 aliphatic rings. The number of carboxylic acids is 1. The van der Waals surface area contributed by atoms with E-state index in [9.17, 15) is 14.7 Å². The predicted octanol–water partition coefficient (Wildman–Crippen LogP) is 1.49. The Morgan fingerprint density at radius 3 is 2.48 bits per heavy atom. The van der Waals surface area contributed by atoms with Crippen LogP contribution in [0.25, 0.3) is 0 Å². The first kappa shape index (κ1) is 16.6. The van der Waals surface area contributed by atoms with Gasteiger partial charge in [0.1, 0.15) is 17.4 Å². The molecule has 0 unspecified atom stereocenters. The fourth-order valence-corrected chi connectivity index (χ4v) is 1.62. The van der Waals surface area contributed by atoms with Gasteiger partial charge in [0.2, 0.25) is 0 Å². The molecule has 0 bridgehead atoms. The van der Waals surface area contributed by atoms with Crippen molar-refractivity contribution in [2.24, 2.45) is 0 Å². The van der Waals surface area contributed by atoms with Crippen molar-refractivity contribution in [2.75, 3.05) is 5.73 Å². The van der Waals surface area contributed by atoms with E-state index >= 15 is 0 Å². The largest absolute Gasteiger partial charge is 0.506 e. The van der Waals surface area contributed by atoms with Gasteiger partial charge in [-0.25, -0.2) is 9.59 Å². The van der Waals surface area contributed by atoms with Crippen LogP contribution in [0.15, 0.2) is 18.2 Å². The summed E-state index contributed by atoms with van der Waals surface area (Å²) in [6.07, 6.45) is -0.777. The van der Waals surface area contributed by atoms with E-state index in [1.54, 1.807) is 26.8 Å². The second kappa shape index (κ2) is 6.34. The van der Waals surface area contributed by atoms with Crippen LogP contribution in [0.3, 0.4) is 0 Å². The number of carboxylic acid groups (broad SMARTS) is 1. The Bertz CT molecular complexity index is 537. The van der Waals surface area contributed by atoms with Crippen LogP contribution in [0, 0.1) is 0 Å². The molecule has 1 amide bonds. The highest BCUT2D eigenvalue weighted by atomic mass is 16.6. The Labute approximate surface area is 122 Å². The van der Waals surface area contributed by atoms with Crippen LogP contribution in [0.2, 0.25) is 0 Å². The summed E-state index contributed by atoms with van der Waals surface area (Å²) < 4.78 is 5.02. The number of nitrogen functional groups attached to an aromatic ring is 1. The molecule has 7 heteroatoms. The molecule has 0 saturated carbocycles. The quantitative estimate of drug-likeness (QED) is 0.493. The summed E-state index contributed by atoms with van der Waals surface area (Å²) in [7, 11) is 0. The van der Waals surface area contributed by atoms with Crippen molar-refractivity contribution in [3.63, 3.8) is 0 Å². The number of aromatic hydroxyl groups is 1. The van der Waals surface area contributed by atoms with Gasteiger partial charge in [0, 0.05) is 6.42 Å². The highest BCUT2D eigenvalue weighted by Crippen LogP contribution is 2.21. The lowest BCUT2D eigenvalue weighted by molar-refractivity contribution is -0.139.